The molecule has 104 valence electrons. The fraction of sp³-hybridized carbons (Fsp3) is 0.412. The van der Waals surface area contributed by atoms with Crippen LogP contribution in [0.1, 0.15) is 48.0 Å². The molecule has 1 rings (SSSR count). The molecule has 0 saturated carbocycles. The summed E-state index contributed by atoms with van der Waals surface area (Å²) in [5.74, 6) is 0. The molecule has 1 aromatic rings. The summed E-state index contributed by atoms with van der Waals surface area (Å²) >= 11 is 0. The van der Waals surface area contributed by atoms with Crippen LogP contribution in [-0.2, 0) is 0 Å². The van der Waals surface area contributed by atoms with Crippen molar-refractivity contribution >= 4 is 0 Å². The van der Waals surface area contributed by atoms with Gasteiger partial charge >= 0.3 is 0 Å². The first kappa shape index (κ1) is 21.8. The van der Waals surface area contributed by atoms with Gasteiger partial charge in [0.25, 0.3) is 0 Å². The molecule has 1 aromatic heterocycles. The second kappa shape index (κ2) is 24.6. The van der Waals surface area contributed by atoms with E-state index in [0.29, 0.717) is 0 Å². The summed E-state index contributed by atoms with van der Waals surface area (Å²) in [5, 5.41) is 0. The Morgan fingerprint density at radius 1 is 1.17 bits per heavy atom. The van der Waals surface area contributed by atoms with Crippen LogP contribution >= 0.6 is 0 Å². The van der Waals surface area contributed by atoms with E-state index < -0.39 is 0 Å². The maximum absolute atomic E-state index is 4.58. The molecule has 0 aromatic carbocycles. The normalized spacial score (nSPS) is 9.11. The first-order valence-corrected chi connectivity index (χ1v) is 6.62. The summed E-state index contributed by atoms with van der Waals surface area (Å²) in [6, 6.07) is 3.67. The van der Waals surface area contributed by atoms with Crippen LogP contribution in [0, 0.1) is 0 Å². The van der Waals surface area contributed by atoms with Crippen molar-refractivity contribution in [1.29, 1.82) is 0 Å². The molecule has 0 radical (unpaired) electrons. The Kier molecular flexibility index (Phi) is 29.8. The van der Waals surface area contributed by atoms with Gasteiger partial charge in [-0.15, -0.1) is 0 Å². The Morgan fingerprint density at radius 3 is 1.83 bits per heavy atom. The second-order valence-electron chi connectivity index (χ2n) is 3.15. The number of hydrogen-bond acceptors (Lipinski definition) is 1. The number of hydrogen-bond donors (Lipinski definition) is 0. The summed E-state index contributed by atoms with van der Waals surface area (Å²) in [5.41, 5.74) is 1.24. The Balaban J connectivity index is -0.000000192. The molecule has 1 nitrogen and oxygen atoms in total. The fourth-order valence-electron chi connectivity index (χ4n) is 0.731. The maximum Gasteiger partial charge on any atom is 0.0902 e. The smallest absolute Gasteiger partial charge is 0.0902 e. The quantitative estimate of drug-likeness (QED) is 0.552. The minimum absolute atomic E-state index is 1.24. The molecule has 0 fully saturated rings. The van der Waals surface area contributed by atoms with E-state index in [9.17, 15) is 0 Å². The second-order valence-corrected chi connectivity index (χ2v) is 3.15. The molecule has 0 atom stereocenters. The van der Waals surface area contributed by atoms with Crippen LogP contribution in [0.2, 0.25) is 0 Å². The van der Waals surface area contributed by atoms with Crippen molar-refractivity contribution in [2.45, 2.75) is 48.0 Å². The van der Waals surface area contributed by atoms with Crippen molar-refractivity contribution in [2.24, 2.45) is 0 Å². The third kappa shape index (κ3) is 29.3. The Morgan fingerprint density at radius 2 is 1.61 bits per heavy atom. The molecule has 1 heteroatoms. The molecule has 0 spiro atoms. The Bertz CT molecular complexity index is 249. The zero-order valence-electron chi connectivity index (χ0n) is 12.9. The van der Waals surface area contributed by atoms with Crippen LogP contribution in [-0.4, -0.2) is 0 Å². The largest absolute Gasteiger partial charge is 0.473 e. The summed E-state index contributed by atoms with van der Waals surface area (Å²) in [6.45, 7) is 15.9. The van der Waals surface area contributed by atoms with Crippen LogP contribution in [0.25, 0.3) is 0 Å². The van der Waals surface area contributed by atoms with E-state index >= 15 is 0 Å². The van der Waals surface area contributed by atoms with Crippen molar-refractivity contribution in [3.8, 4) is 0 Å². The van der Waals surface area contributed by atoms with Gasteiger partial charge in [0.15, 0.2) is 0 Å². The molecular weight excluding hydrogens is 220 g/mol. The summed E-state index contributed by atoms with van der Waals surface area (Å²) in [7, 11) is 0. The maximum atomic E-state index is 4.58. The van der Waals surface area contributed by atoms with Gasteiger partial charge in [0.2, 0.25) is 0 Å². The van der Waals surface area contributed by atoms with E-state index in [2.05, 4.69) is 24.8 Å². The molecule has 0 aliphatic carbocycles. The molecular formula is C17H30O. The van der Waals surface area contributed by atoms with Gasteiger partial charge in [0.05, 0.1) is 12.5 Å². The fourth-order valence-corrected chi connectivity index (χ4v) is 0.731. The van der Waals surface area contributed by atoms with Gasteiger partial charge in [-0.2, -0.15) is 0 Å². The molecule has 1 heterocycles. The highest BCUT2D eigenvalue weighted by Crippen LogP contribution is 1.92. The van der Waals surface area contributed by atoms with Gasteiger partial charge in [-0.1, -0.05) is 70.6 Å². The lowest BCUT2D eigenvalue weighted by Crippen LogP contribution is -1.61. The van der Waals surface area contributed by atoms with E-state index in [-0.39, 0.29) is 0 Å². The van der Waals surface area contributed by atoms with Crippen LogP contribution in [0.15, 0.2) is 65.5 Å². The van der Waals surface area contributed by atoms with E-state index in [0.717, 1.165) is 0 Å². The minimum Gasteiger partial charge on any atom is -0.473 e. The monoisotopic (exact) mass is 250 g/mol. The predicted molar refractivity (Wildman–Crippen MR) is 84.8 cm³/mol. The summed E-state index contributed by atoms with van der Waals surface area (Å²) in [4.78, 5) is 0. The van der Waals surface area contributed by atoms with Crippen molar-refractivity contribution in [3.63, 3.8) is 0 Å². The highest BCUT2D eigenvalue weighted by atomic mass is 16.3. The standard InChI is InChI=1S/C8H12.C4H4O.C3H8.C2H6/c1-4-6-8(3)7-5-2;1-2-4-5-3-1;1-3-2;1-2/h4-7H,1H2,2-3H3;1-4H;3H2,1-2H3;1-2H3/b7-5-,8-6-;;;. The molecule has 0 unspecified atom stereocenters. The summed E-state index contributed by atoms with van der Waals surface area (Å²) < 4.78 is 4.58. The SMILES string of the molecule is C=C/C=C(C)\C=C/C.CC.CCC.c1ccoc1. The number of allylic oxidation sites excluding steroid dienone is 5. The third-order valence-corrected chi connectivity index (χ3v) is 1.24. The topological polar surface area (TPSA) is 13.1 Å². The lowest BCUT2D eigenvalue weighted by Gasteiger charge is -1.82. The van der Waals surface area contributed by atoms with Crippen LogP contribution in [0.4, 0.5) is 0 Å². The van der Waals surface area contributed by atoms with Crippen molar-refractivity contribution in [2.75, 3.05) is 0 Å². The van der Waals surface area contributed by atoms with Crippen LogP contribution in [0.5, 0.6) is 0 Å². The molecule has 0 saturated heterocycles. The zero-order valence-corrected chi connectivity index (χ0v) is 12.9. The number of rotatable bonds is 2. The van der Waals surface area contributed by atoms with Crippen LogP contribution < -0.4 is 0 Å². The average Bonchev–Trinajstić information content (AvgIpc) is 2.92. The predicted octanol–water partition coefficient (Wildman–Crippen LogP) is 6.42. The molecule has 0 N–H and O–H groups in total. The van der Waals surface area contributed by atoms with Gasteiger partial charge in [-0.3, -0.25) is 0 Å². The highest BCUT2D eigenvalue weighted by Gasteiger charge is 1.71. The van der Waals surface area contributed by atoms with Gasteiger partial charge in [0.1, 0.15) is 0 Å². The van der Waals surface area contributed by atoms with Gasteiger partial charge in [0, 0.05) is 0 Å². The van der Waals surface area contributed by atoms with Gasteiger partial charge in [-0.25, -0.2) is 0 Å². The van der Waals surface area contributed by atoms with Crippen LogP contribution in [0.3, 0.4) is 0 Å². The molecule has 0 bridgehead atoms. The first-order chi connectivity index (χ1) is 8.72. The van der Waals surface area contributed by atoms with Crippen molar-refractivity contribution < 1.29 is 4.42 Å². The highest BCUT2D eigenvalue weighted by molar-refractivity contribution is 5.19. The van der Waals surface area contributed by atoms with E-state index in [1.54, 1.807) is 18.6 Å². The van der Waals surface area contributed by atoms with Crippen molar-refractivity contribution in [1.82, 2.24) is 0 Å². The van der Waals surface area contributed by atoms with Gasteiger partial charge in [-0.05, 0) is 26.0 Å². The zero-order chi connectivity index (χ0) is 14.6. The van der Waals surface area contributed by atoms with E-state index in [1.165, 1.54) is 12.0 Å². The first-order valence-electron chi connectivity index (χ1n) is 6.62. The molecule has 0 amide bonds. The Hall–Kier alpha value is -1.50. The minimum atomic E-state index is 1.24. The van der Waals surface area contributed by atoms with Gasteiger partial charge < -0.3 is 4.42 Å². The molecule has 0 aliphatic heterocycles. The molecule has 18 heavy (non-hydrogen) atoms. The van der Waals surface area contributed by atoms with E-state index in [1.807, 2.05) is 58.1 Å². The summed E-state index contributed by atoms with van der Waals surface area (Å²) in [6.07, 6.45) is 12.3. The van der Waals surface area contributed by atoms with E-state index in [4.69, 9.17) is 0 Å². The number of furan rings is 1. The Labute approximate surface area is 114 Å². The lowest BCUT2D eigenvalue weighted by atomic mass is 10.2. The van der Waals surface area contributed by atoms with Crippen molar-refractivity contribution in [3.05, 3.63) is 61.1 Å². The lowest BCUT2D eigenvalue weighted by molar-refractivity contribution is 0.567. The molecule has 0 aliphatic rings. The third-order valence-electron chi connectivity index (χ3n) is 1.24. The average molecular weight is 250 g/mol.